The molecule has 8 nitrogen and oxygen atoms in total. The Hall–Kier alpha value is -2.88. The van der Waals surface area contributed by atoms with Crippen molar-refractivity contribution in [1.29, 1.82) is 0 Å². The zero-order valence-corrected chi connectivity index (χ0v) is 28.1. The number of para-hydroxylation sites is 1. The Kier molecular flexibility index (Phi) is 14.0. The highest BCUT2D eigenvalue weighted by atomic mass is 35.5. The highest BCUT2D eigenvalue weighted by Gasteiger charge is 2.24. The molecule has 2 aromatic carbocycles. The SMILES string of the molecule is CC.CC.Cc1cc(Nc2ncc(Cl)c(Nc3ccccc3S(=O)(=O)C(C)C)n2)c(OC(C)C)cc1C1CCNCC1. The minimum absolute atomic E-state index is 0.0121. The van der Waals surface area contributed by atoms with Crippen LogP contribution in [-0.2, 0) is 9.84 Å². The highest BCUT2D eigenvalue weighted by molar-refractivity contribution is 7.92. The maximum atomic E-state index is 12.9. The second kappa shape index (κ2) is 16.7. The smallest absolute Gasteiger partial charge is 0.229 e. The minimum atomic E-state index is -3.52. The van der Waals surface area contributed by atoms with Gasteiger partial charge in [-0.25, -0.2) is 13.4 Å². The van der Waals surface area contributed by atoms with E-state index in [-0.39, 0.29) is 16.0 Å². The van der Waals surface area contributed by atoms with Crippen molar-refractivity contribution in [2.45, 2.75) is 97.3 Å². The molecule has 1 aliphatic heterocycles. The van der Waals surface area contributed by atoms with Crippen molar-refractivity contribution in [3.05, 3.63) is 58.7 Å². The monoisotopic (exact) mass is 617 g/mol. The molecule has 0 saturated carbocycles. The summed E-state index contributed by atoms with van der Waals surface area (Å²) in [5.41, 5.74) is 3.63. The van der Waals surface area contributed by atoms with Gasteiger partial charge in [0.25, 0.3) is 0 Å². The third-order valence-electron chi connectivity index (χ3n) is 6.57. The molecule has 1 fully saturated rings. The fourth-order valence-corrected chi connectivity index (χ4v) is 5.90. The van der Waals surface area contributed by atoms with Crippen LogP contribution in [0.2, 0.25) is 5.02 Å². The van der Waals surface area contributed by atoms with Crippen molar-refractivity contribution in [2.75, 3.05) is 23.7 Å². The largest absolute Gasteiger partial charge is 0.489 e. The van der Waals surface area contributed by atoms with E-state index >= 15 is 0 Å². The lowest BCUT2D eigenvalue weighted by molar-refractivity contribution is 0.243. The Morgan fingerprint density at radius 1 is 0.976 bits per heavy atom. The molecule has 4 rings (SSSR count). The molecule has 1 aromatic heterocycles. The molecule has 42 heavy (non-hydrogen) atoms. The van der Waals surface area contributed by atoms with Crippen molar-refractivity contribution in [3.63, 3.8) is 0 Å². The predicted octanol–water partition coefficient (Wildman–Crippen LogP) is 8.41. The van der Waals surface area contributed by atoms with Gasteiger partial charge in [-0.3, -0.25) is 0 Å². The number of halogens is 1. The second-order valence-electron chi connectivity index (χ2n) is 10.1. The van der Waals surface area contributed by atoms with Gasteiger partial charge in [-0.05, 0) is 102 Å². The first-order valence-corrected chi connectivity index (χ1v) is 16.9. The number of piperidine rings is 1. The quantitative estimate of drug-likeness (QED) is 0.220. The molecule has 2 heterocycles. The first-order chi connectivity index (χ1) is 20.1. The van der Waals surface area contributed by atoms with E-state index in [0.29, 0.717) is 23.4 Å². The molecular weight excluding hydrogens is 570 g/mol. The number of ether oxygens (including phenoxy) is 1. The second-order valence-corrected chi connectivity index (χ2v) is 13.0. The van der Waals surface area contributed by atoms with Crippen molar-refractivity contribution in [1.82, 2.24) is 15.3 Å². The molecular formula is C32H48ClN5O3S. The first kappa shape index (κ1) is 35.3. The van der Waals surface area contributed by atoms with E-state index in [9.17, 15) is 8.42 Å². The Labute approximate surface area is 258 Å². The Bertz CT molecular complexity index is 1390. The molecule has 0 spiro atoms. The molecule has 0 unspecified atom stereocenters. The lowest BCUT2D eigenvalue weighted by Gasteiger charge is -2.26. The third kappa shape index (κ3) is 9.06. The molecule has 0 atom stereocenters. The molecule has 10 heteroatoms. The summed E-state index contributed by atoms with van der Waals surface area (Å²) in [6.07, 6.45) is 3.66. The lowest BCUT2D eigenvalue weighted by Crippen LogP contribution is -2.27. The molecule has 0 bridgehead atoms. The Morgan fingerprint density at radius 2 is 1.62 bits per heavy atom. The lowest BCUT2D eigenvalue weighted by atomic mass is 9.87. The molecule has 1 saturated heterocycles. The van der Waals surface area contributed by atoms with E-state index in [1.807, 2.05) is 41.5 Å². The average molecular weight is 618 g/mol. The van der Waals surface area contributed by atoms with Crippen molar-refractivity contribution in [2.24, 2.45) is 0 Å². The Morgan fingerprint density at radius 3 is 2.24 bits per heavy atom. The van der Waals surface area contributed by atoms with Gasteiger partial charge in [0.2, 0.25) is 5.95 Å². The summed E-state index contributed by atoms with van der Waals surface area (Å²) in [5, 5.41) is 9.51. The fraction of sp³-hybridized carbons (Fsp3) is 0.500. The highest BCUT2D eigenvalue weighted by Crippen LogP contribution is 2.37. The molecule has 0 amide bonds. The fourth-order valence-electron chi connectivity index (χ4n) is 4.56. The van der Waals surface area contributed by atoms with Crippen LogP contribution in [0.3, 0.4) is 0 Å². The van der Waals surface area contributed by atoms with E-state index in [4.69, 9.17) is 16.3 Å². The number of benzene rings is 2. The normalized spacial score (nSPS) is 13.5. The number of nitrogens with zero attached hydrogens (tertiary/aromatic N) is 2. The van der Waals surface area contributed by atoms with Crippen molar-refractivity contribution < 1.29 is 13.2 Å². The summed E-state index contributed by atoms with van der Waals surface area (Å²) in [6.45, 7) is 19.4. The van der Waals surface area contributed by atoms with Gasteiger partial charge in [0.15, 0.2) is 15.7 Å². The van der Waals surface area contributed by atoms with Gasteiger partial charge in [-0.2, -0.15) is 4.98 Å². The van der Waals surface area contributed by atoms with Crippen LogP contribution in [0.1, 0.15) is 85.3 Å². The van der Waals surface area contributed by atoms with Crippen LogP contribution in [0.5, 0.6) is 5.75 Å². The van der Waals surface area contributed by atoms with Crippen molar-refractivity contribution >= 4 is 44.6 Å². The summed E-state index contributed by atoms with van der Waals surface area (Å²) in [5.74, 6) is 1.83. The third-order valence-corrected chi connectivity index (χ3v) is 9.05. The van der Waals surface area contributed by atoms with Crippen molar-refractivity contribution in [3.8, 4) is 5.75 Å². The number of hydrogen-bond donors (Lipinski definition) is 3. The number of aryl methyl sites for hydroxylation is 1. The van der Waals surface area contributed by atoms with E-state index in [1.165, 1.54) is 17.3 Å². The predicted molar refractivity (Wildman–Crippen MR) is 177 cm³/mol. The number of anilines is 4. The van der Waals surface area contributed by atoms with Crippen LogP contribution in [0, 0.1) is 6.92 Å². The molecule has 232 valence electrons. The maximum absolute atomic E-state index is 12.9. The van der Waals surface area contributed by atoms with E-state index in [0.717, 1.165) is 37.4 Å². The molecule has 0 aliphatic carbocycles. The summed E-state index contributed by atoms with van der Waals surface area (Å²) in [6, 6.07) is 10.9. The van der Waals surface area contributed by atoms with E-state index < -0.39 is 15.1 Å². The summed E-state index contributed by atoms with van der Waals surface area (Å²) in [7, 11) is -3.52. The van der Waals surface area contributed by atoms with Gasteiger partial charge in [-0.1, -0.05) is 51.4 Å². The van der Waals surface area contributed by atoms with Crippen LogP contribution < -0.4 is 20.7 Å². The van der Waals surface area contributed by atoms with Gasteiger partial charge >= 0.3 is 0 Å². The van der Waals surface area contributed by atoms with Gasteiger partial charge in [0, 0.05) is 0 Å². The maximum Gasteiger partial charge on any atom is 0.229 e. The van der Waals surface area contributed by atoms with Crippen LogP contribution in [0.4, 0.5) is 23.1 Å². The number of nitrogens with one attached hydrogen (secondary N) is 3. The van der Waals surface area contributed by atoms with Gasteiger partial charge in [-0.15, -0.1) is 0 Å². The van der Waals surface area contributed by atoms with Gasteiger partial charge in [0.1, 0.15) is 10.8 Å². The van der Waals surface area contributed by atoms with Gasteiger partial charge < -0.3 is 20.7 Å². The number of hydrogen-bond acceptors (Lipinski definition) is 8. The summed E-state index contributed by atoms with van der Waals surface area (Å²) < 4.78 is 32.0. The number of rotatable bonds is 9. The van der Waals surface area contributed by atoms with Crippen LogP contribution in [0.15, 0.2) is 47.5 Å². The van der Waals surface area contributed by atoms with E-state index in [2.05, 4.69) is 45.0 Å². The average Bonchev–Trinajstić information content (AvgIpc) is 2.98. The number of sulfone groups is 1. The summed E-state index contributed by atoms with van der Waals surface area (Å²) in [4.78, 5) is 9.12. The topological polar surface area (TPSA) is 105 Å². The number of aromatic nitrogens is 2. The molecule has 0 radical (unpaired) electrons. The molecule has 3 N–H and O–H groups in total. The molecule has 1 aliphatic rings. The standard InChI is InChI=1S/C28H36ClN5O3S.2C2H6/c1-17(2)37-25-15-21(20-10-12-30-13-11-20)19(5)14-24(25)33-28-31-16-22(29)27(34-28)32-23-8-6-7-9-26(23)38(35,36)18(3)4;2*1-2/h6-9,14-18,20,30H,10-13H2,1-5H3,(H2,31,32,33,34);2*1-2H3. The minimum Gasteiger partial charge on any atom is -0.489 e. The van der Waals surface area contributed by atoms with Crippen LogP contribution in [0.25, 0.3) is 0 Å². The van der Waals surface area contributed by atoms with E-state index in [1.54, 1.807) is 38.1 Å². The Balaban J connectivity index is 0.00000148. The van der Waals surface area contributed by atoms with Crippen LogP contribution >= 0.6 is 11.6 Å². The van der Waals surface area contributed by atoms with Gasteiger partial charge in [0.05, 0.1) is 33.8 Å². The zero-order chi connectivity index (χ0) is 31.4. The zero-order valence-electron chi connectivity index (χ0n) is 26.5. The van der Waals surface area contributed by atoms with Crippen LogP contribution in [-0.4, -0.2) is 42.8 Å². The summed E-state index contributed by atoms with van der Waals surface area (Å²) >= 11 is 6.42. The first-order valence-electron chi connectivity index (χ1n) is 15.0. The molecule has 3 aromatic rings.